The van der Waals surface area contributed by atoms with Gasteiger partial charge in [0.25, 0.3) is 0 Å². The predicted molar refractivity (Wildman–Crippen MR) is 87.8 cm³/mol. The first-order valence-electron chi connectivity index (χ1n) is 6.14. The number of nitrogens with two attached hydrogens (primary N) is 1. The van der Waals surface area contributed by atoms with E-state index in [4.69, 9.17) is 15.2 Å². The molecule has 0 heterocycles. The lowest BCUT2D eigenvalue weighted by atomic mass is 10.3. The van der Waals surface area contributed by atoms with Crippen LogP contribution in [0.5, 0.6) is 11.5 Å². The second-order valence-electron chi connectivity index (χ2n) is 4.03. The lowest BCUT2D eigenvalue weighted by Crippen LogP contribution is -2.02. The average molecular weight is 354 g/mol. The summed E-state index contributed by atoms with van der Waals surface area (Å²) in [6.07, 6.45) is 0. The van der Waals surface area contributed by atoms with Gasteiger partial charge in [0.05, 0.1) is 13.7 Å². The van der Waals surface area contributed by atoms with E-state index in [2.05, 4.69) is 15.9 Å². The largest absolute Gasteiger partial charge is 0.493 e. The molecule has 0 bridgehead atoms. The molecule has 2 rings (SSSR count). The fourth-order valence-corrected chi connectivity index (χ4v) is 2.85. The lowest BCUT2D eigenvalue weighted by Gasteiger charge is -2.10. The van der Waals surface area contributed by atoms with Gasteiger partial charge in [-0.2, -0.15) is 0 Å². The zero-order valence-electron chi connectivity index (χ0n) is 11.1. The number of hydrogen-bond donors (Lipinski definition) is 1. The summed E-state index contributed by atoms with van der Waals surface area (Å²) in [6.45, 7) is 0.598. The maximum Gasteiger partial charge on any atom is 0.161 e. The minimum absolute atomic E-state index is 0.598. The first-order chi connectivity index (χ1) is 9.70. The maximum atomic E-state index is 5.95. The third-order valence-corrected chi connectivity index (χ3v) is 4.19. The van der Waals surface area contributed by atoms with Gasteiger partial charge in [-0.15, -0.1) is 11.8 Å². The highest BCUT2D eigenvalue weighted by molar-refractivity contribution is 9.10. The zero-order valence-corrected chi connectivity index (χ0v) is 13.5. The number of benzene rings is 2. The smallest absolute Gasteiger partial charge is 0.161 e. The molecule has 0 spiro atoms. The van der Waals surface area contributed by atoms with Crippen molar-refractivity contribution >= 4 is 33.4 Å². The quantitative estimate of drug-likeness (QED) is 0.479. The van der Waals surface area contributed by atoms with E-state index in [9.17, 15) is 0 Å². The Balaban J connectivity index is 1.84. The Morgan fingerprint density at radius 1 is 1.15 bits per heavy atom. The molecular weight excluding hydrogens is 338 g/mol. The molecule has 106 valence electrons. The van der Waals surface area contributed by atoms with Crippen molar-refractivity contribution < 1.29 is 9.47 Å². The van der Waals surface area contributed by atoms with E-state index in [0.29, 0.717) is 6.61 Å². The molecule has 0 unspecified atom stereocenters. The number of methoxy groups -OCH3 is 1. The molecule has 0 fully saturated rings. The van der Waals surface area contributed by atoms with Crippen LogP contribution in [0.25, 0.3) is 0 Å². The highest BCUT2D eigenvalue weighted by atomic mass is 79.9. The Kier molecular flexibility index (Phi) is 5.61. The average Bonchev–Trinajstić information content (AvgIpc) is 2.46. The van der Waals surface area contributed by atoms with Crippen LogP contribution in [0.15, 0.2) is 51.8 Å². The SMILES string of the molecule is COc1ccccc1OCCSc1ccc(Br)cc1N. The Hall–Kier alpha value is -1.33. The normalized spacial score (nSPS) is 10.3. The van der Waals surface area contributed by atoms with Gasteiger partial charge >= 0.3 is 0 Å². The second-order valence-corrected chi connectivity index (χ2v) is 6.08. The summed E-state index contributed by atoms with van der Waals surface area (Å²) in [5.74, 6) is 2.34. The van der Waals surface area contributed by atoms with Crippen LogP contribution in [-0.2, 0) is 0 Å². The minimum atomic E-state index is 0.598. The Labute approximate surface area is 131 Å². The van der Waals surface area contributed by atoms with Crippen molar-refractivity contribution in [1.29, 1.82) is 0 Å². The molecule has 0 aliphatic rings. The van der Waals surface area contributed by atoms with Crippen molar-refractivity contribution in [2.75, 3.05) is 25.2 Å². The van der Waals surface area contributed by atoms with Crippen LogP contribution in [0.4, 0.5) is 5.69 Å². The van der Waals surface area contributed by atoms with E-state index < -0.39 is 0 Å². The molecule has 0 saturated carbocycles. The summed E-state index contributed by atoms with van der Waals surface area (Å²) in [4.78, 5) is 1.07. The predicted octanol–water partition coefficient (Wildman–Crippen LogP) is 4.21. The number of thioether (sulfide) groups is 1. The Morgan fingerprint density at radius 3 is 2.60 bits per heavy atom. The monoisotopic (exact) mass is 353 g/mol. The van der Waals surface area contributed by atoms with Crippen LogP contribution in [0.3, 0.4) is 0 Å². The summed E-state index contributed by atoms with van der Waals surface area (Å²) < 4.78 is 11.9. The van der Waals surface area contributed by atoms with Gasteiger partial charge in [-0.3, -0.25) is 0 Å². The fraction of sp³-hybridized carbons (Fsp3) is 0.200. The van der Waals surface area contributed by atoms with Gasteiger partial charge in [0.15, 0.2) is 11.5 Å². The van der Waals surface area contributed by atoms with Crippen LogP contribution < -0.4 is 15.2 Å². The summed E-state index contributed by atoms with van der Waals surface area (Å²) >= 11 is 5.07. The fourth-order valence-electron chi connectivity index (χ4n) is 1.69. The van der Waals surface area contributed by atoms with E-state index in [-0.39, 0.29) is 0 Å². The Morgan fingerprint density at radius 2 is 1.90 bits per heavy atom. The van der Waals surface area contributed by atoms with E-state index >= 15 is 0 Å². The third-order valence-electron chi connectivity index (χ3n) is 2.64. The molecule has 0 atom stereocenters. The van der Waals surface area contributed by atoms with Crippen LogP contribution in [-0.4, -0.2) is 19.5 Å². The molecule has 0 saturated heterocycles. The lowest BCUT2D eigenvalue weighted by molar-refractivity contribution is 0.313. The van der Waals surface area contributed by atoms with Crippen LogP contribution in [0, 0.1) is 0 Å². The van der Waals surface area contributed by atoms with Crippen LogP contribution in [0.1, 0.15) is 0 Å². The van der Waals surface area contributed by atoms with E-state index in [1.165, 1.54) is 0 Å². The number of halogens is 1. The van der Waals surface area contributed by atoms with Crippen molar-refractivity contribution in [1.82, 2.24) is 0 Å². The topological polar surface area (TPSA) is 44.5 Å². The first-order valence-corrected chi connectivity index (χ1v) is 7.92. The van der Waals surface area contributed by atoms with Gasteiger partial charge in [0, 0.05) is 20.8 Å². The van der Waals surface area contributed by atoms with E-state index in [1.807, 2.05) is 42.5 Å². The van der Waals surface area contributed by atoms with Gasteiger partial charge in [-0.25, -0.2) is 0 Å². The number of nitrogen functional groups attached to an aromatic ring is 1. The highest BCUT2D eigenvalue weighted by Crippen LogP contribution is 2.29. The van der Waals surface area contributed by atoms with Crippen molar-refractivity contribution in [2.45, 2.75) is 4.90 Å². The molecule has 0 aliphatic carbocycles. The minimum Gasteiger partial charge on any atom is -0.493 e. The van der Waals surface area contributed by atoms with Crippen molar-refractivity contribution in [3.8, 4) is 11.5 Å². The molecule has 5 heteroatoms. The molecule has 0 amide bonds. The number of hydrogen-bond acceptors (Lipinski definition) is 4. The number of para-hydroxylation sites is 2. The van der Waals surface area contributed by atoms with Gasteiger partial charge in [0.1, 0.15) is 0 Å². The van der Waals surface area contributed by atoms with Crippen molar-refractivity contribution in [3.05, 3.63) is 46.9 Å². The summed E-state index contributed by atoms with van der Waals surface area (Å²) in [5.41, 5.74) is 6.73. The third kappa shape index (κ3) is 4.08. The van der Waals surface area contributed by atoms with Gasteiger partial charge in [0.2, 0.25) is 0 Å². The van der Waals surface area contributed by atoms with Crippen molar-refractivity contribution in [2.24, 2.45) is 0 Å². The molecule has 2 aromatic carbocycles. The van der Waals surface area contributed by atoms with Crippen LogP contribution in [0.2, 0.25) is 0 Å². The molecule has 20 heavy (non-hydrogen) atoms. The molecule has 2 aromatic rings. The molecule has 3 nitrogen and oxygen atoms in total. The van der Waals surface area contributed by atoms with Gasteiger partial charge in [-0.1, -0.05) is 28.1 Å². The molecule has 0 aromatic heterocycles. The van der Waals surface area contributed by atoms with Gasteiger partial charge in [-0.05, 0) is 30.3 Å². The van der Waals surface area contributed by atoms with E-state index in [1.54, 1.807) is 18.9 Å². The van der Waals surface area contributed by atoms with Gasteiger partial charge < -0.3 is 15.2 Å². The molecule has 2 N–H and O–H groups in total. The Bertz CT molecular complexity index is 578. The van der Waals surface area contributed by atoms with E-state index in [0.717, 1.165) is 32.3 Å². The zero-order chi connectivity index (χ0) is 14.4. The summed E-state index contributed by atoms with van der Waals surface area (Å²) in [6, 6.07) is 13.5. The summed E-state index contributed by atoms with van der Waals surface area (Å²) in [5, 5.41) is 0. The van der Waals surface area contributed by atoms with Crippen molar-refractivity contribution in [3.63, 3.8) is 0 Å². The number of rotatable bonds is 6. The maximum absolute atomic E-state index is 5.95. The van der Waals surface area contributed by atoms with Crippen LogP contribution >= 0.6 is 27.7 Å². The first kappa shape index (κ1) is 15.1. The molecular formula is C15H16BrNO2S. The molecule has 0 aliphatic heterocycles. The molecule has 0 radical (unpaired) electrons. The number of ether oxygens (including phenoxy) is 2. The summed E-state index contributed by atoms with van der Waals surface area (Å²) in [7, 11) is 1.64. The highest BCUT2D eigenvalue weighted by Gasteiger charge is 2.04. The standard InChI is InChI=1S/C15H16BrNO2S/c1-18-13-4-2-3-5-14(13)19-8-9-20-15-7-6-11(16)10-12(15)17/h2-7,10H,8-9,17H2,1H3. The second kappa shape index (κ2) is 7.45. The number of anilines is 1.